The maximum absolute atomic E-state index is 9.80. The average Bonchev–Trinajstić information content (AvgIpc) is 1.89. The molecule has 0 amide bonds. The molecule has 0 rings (SSSR count). The van der Waals surface area contributed by atoms with E-state index in [0.29, 0.717) is 26.4 Å². The number of hydrogen-bond donors (Lipinski definition) is 0. The van der Waals surface area contributed by atoms with Gasteiger partial charge in [-0.25, -0.2) is 0 Å². The Bertz CT molecular complexity index is 51.1. The van der Waals surface area contributed by atoms with Crippen molar-refractivity contribution < 1.29 is 27.0 Å². The van der Waals surface area contributed by atoms with Crippen LogP contribution in [0, 0.1) is 0 Å². The molecule has 0 aliphatic carbocycles. The van der Waals surface area contributed by atoms with Gasteiger partial charge in [-0.3, -0.25) is 0 Å². The summed E-state index contributed by atoms with van der Waals surface area (Å²) in [6.45, 7) is 3.90. The molecule has 64 valence electrons. The van der Waals surface area contributed by atoms with Gasteiger partial charge >= 0.3 is 23.1 Å². The van der Waals surface area contributed by atoms with Gasteiger partial charge in [0.15, 0.2) is 0 Å². The largest absolute Gasteiger partial charge is 2.00 e. The summed E-state index contributed by atoms with van der Waals surface area (Å²) in [5, 5.41) is 9.80. The van der Waals surface area contributed by atoms with E-state index in [1.165, 1.54) is 0 Å². The van der Waals surface area contributed by atoms with Crippen molar-refractivity contribution in [3.05, 3.63) is 0 Å². The normalized spacial score (nSPS) is 8.18. The summed E-state index contributed by atoms with van der Waals surface area (Å²) < 4.78 is 9.80. The summed E-state index contributed by atoms with van der Waals surface area (Å²) >= 11 is 0. The van der Waals surface area contributed by atoms with Crippen LogP contribution in [-0.2, 0) is 9.47 Å². The molecule has 0 aromatic carbocycles. The Morgan fingerprint density at radius 3 is 2.09 bits per heavy atom. The summed E-state index contributed by atoms with van der Waals surface area (Å²) in [5.41, 5.74) is 0. The van der Waals surface area contributed by atoms with Crippen LogP contribution in [0.5, 0.6) is 0 Å². The summed E-state index contributed by atoms with van der Waals surface area (Å²) in [4.78, 5) is 0. The Morgan fingerprint density at radius 1 is 1.09 bits per heavy atom. The van der Waals surface area contributed by atoms with E-state index in [9.17, 15) is 5.11 Å². The topological polar surface area (TPSA) is 41.5 Å². The number of halogens is 1. The van der Waals surface area contributed by atoms with Crippen molar-refractivity contribution in [2.75, 3.05) is 33.0 Å². The molecule has 0 N–H and O–H groups in total. The van der Waals surface area contributed by atoms with Crippen LogP contribution in [0.1, 0.15) is 6.92 Å². The summed E-state index contributed by atoms with van der Waals surface area (Å²) in [5.74, 6) is 0. The minimum atomic E-state index is -0.161. The molecule has 3 nitrogen and oxygen atoms in total. The van der Waals surface area contributed by atoms with Gasteiger partial charge in [0.2, 0.25) is 0 Å². The zero-order chi connectivity index (χ0) is 6.95. The van der Waals surface area contributed by atoms with E-state index in [2.05, 4.69) is 0 Å². The van der Waals surface area contributed by atoms with Gasteiger partial charge in [0, 0.05) is 13.2 Å². The molecule has 0 aromatic rings. The fourth-order valence-corrected chi connectivity index (χ4v) is 0.423. The van der Waals surface area contributed by atoms with E-state index < -0.39 is 0 Å². The SMILES string of the molecule is CCOCCOCC[O-].[Cl-].[Mg+2]. The molecule has 5 heteroatoms. The van der Waals surface area contributed by atoms with Crippen molar-refractivity contribution in [3.63, 3.8) is 0 Å². The van der Waals surface area contributed by atoms with Gasteiger partial charge in [-0.05, 0) is 6.92 Å². The van der Waals surface area contributed by atoms with Crippen LogP contribution >= 0.6 is 0 Å². The van der Waals surface area contributed by atoms with Crippen LogP contribution in [0.3, 0.4) is 0 Å². The van der Waals surface area contributed by atoms with Gasteiger partial charge in [-0.2, -0.15) is 0 Å². The third-order valence-electron chi connectivity index (χ3n) is 0.804. The molecule has 0 bridgehead atoms. The first kappa shape index (κ1) is 17.9. The number of hydrogen-bond acceptors (Lipinski definition) is 3. The Balaban J connectivity index is -0.000000320. The van der Waals surface area contributed by atoms with Crippen LogP contribution in [0.15, 0.2) is 0 Å². The first-order chi connectivity index (χ1) is 4.41. The van der Waals surface area contributed by atoms with Crippen LogP contribution < -0.4 is 17.5 Å². The number of rotatable bonds is 6. The molecule has 0 fully saturated rings. The molecular formula is C6H13ClMgO3. The second-order valence-electron chi connectivity index (χ2n) is 1.51. The van der Waals surface area contributed by atoms with E-state index in [-0.39, 0.29) is 42.1 Å². The van der Waals surface area contributed by atoms with Crippen molar-refractivity contribution in [2.45, 2.75) is 6.92 Å². The van der Waals surface area contributed by atoms with Gasteiger partial charge < -0.3 is 27.0 Å². The third-order valence-corrected chi connectivity index (χ3v) is 0.804. The number of ether oxygens (including phenoxy) is 2. The van der Waals surface area contributed by atoms with E-state index >= 15 is 0 Å². The van der Waals surface area contributed by atoms with Gasteiger partial charge in [0.1, 0.15) is 0 Å². The van der Waals surface area contributed by atoms with Crippen molar-refractivity contribution in [1.82, 2.24) is 0 Å². The zero-order valence-corrected chi connectivity index (χ0v) is 9.02. The van der Waals surface area contributed by atoms with Crippen LogP contribution in [-0.4, -0.2) is 56.1 Å². The van der Waals surface area contributed by atoms with Crippen LogP contribution in [0.25, 0.3) is 0 Å². The van der Waals surface area contributed by atoms with E-state index in [1.54, 1.807) is 0 Å². The molecule has 0 unspecified atom stereocenters. The minimum absolute atomic E-state index is 0. The molecule has 11 heavy (non-hydrogen) atoms. The zero-order valence-electron chi connectivity index (χ0n) is 6.85. The molecule has 0 atom stereocenters. The van der Waals surface area contributed by atoms with Crippen molar-refractivity contribution in [2.24, 2.45) is 0 Å². The predicted octanol–water partition coefficient (Wildman–Crippen LogP) is -3.98. The quantitative estimate of drug-likeness (QED) is 0.319. The Labute approximate surface area is 90.0 Å². The standard InChI is InChI=1S/C6H13O3.ClH.Mg/c1-2-8-5-6-9-4-3-7;;/h2-6H2,1H3;1H;/q-1;;+2/p-1. The van der Waals surface area contributed by atoms with Crippen LogP contribution in [0.2, 0.25) is 0 Å². The molecule has 0 saturated carbocycles. The fourth-order valence-electron chi connectivity index (χ4n) is 0.423. The first-order valence-corrected chi connectivity index (χ1v) is 3.15. The monoisotopic (exact) mass is 192 g/mol. The Kier molecular flexibility index (Phi) is 27.9. The molecule has 0 saturated heterocycles. The maximum atomic E-state index is 9.80. The van der Waals surface area contributed by atoms with Gasteiger partial charge in [-0.15, -0.1) is 6.61 Å². The molecule has 0 aliphatic heterocycles. The van der Waals surface area contributed by atoms with E-state index in [0.717, 1.165) is 0 Å². The molecule has 0 heterocycles. The fraction of sp³-hybridized carbons (Fsp3) is 1.00. The van der Waals surface area contributed by atoms with Crippen molar-refractivity contribution in [3.8, 4) is 0 Å². The van der Waals surface area contributed by atoms with E-state index in [1.807, 2.05) is 6.92 Å². The Morgan fingerprint density at radius 2 is 1.64 bits per heavy atom. The van der Waals surface area contributed by atoms with Gasteiger partial charge in [-0.1, -0.05) is 0 Å². The molecular weight excluding hydrogens is 180 g/mol. The predicted molar refractivity (Wildman–Crippen MR) is 37.9 cm³/mol. The Hall–Kier alpha value is 0.936. The summed E-state index contributed by atoms with van der Waals surface area (Å²) in [7, 11) is 0. The second kappa shape index (κ2) is 17.1. The third kappa shape index (κ3) is 18.2. The summed E-state index contributed by atoms with van der Waals surface area (Å²) in [6, 6.07) is 0. The van der Waals surface area contributed by atoms with Gasteiger partial charge in [0.25, 0.3) is 0 Å². The van der Waals surface area contributed by atoms with Gasteiger partial charge in [0.05, 0.1) is 13.2 Å². The molecule has 0 aliphatic rings. The van der Waals surface area contributed by atoms with Crippen molar-refractivity contribution in [1.29, 1.82) is 0 Å². The van der Waals surface area contributed by atoms with E-state index in [4.69, 9.17) is 9.47 Å². The minimum Gasteiger partial charge on any atom is -1.00 e. The maximum Gasteiger partial charge on any atom is 2.00 e. The first-order valence-electron chi connectivity index (χ1n) is 3.15. The second-order valence-corrected chi connectivity index (χ2v) is 1.51. The summed E-state index contributed by atoms with van der Waals surface area (Å²) in [6.07, 6.45) is 0. The smallest absolute Gasteiger partial charge is 1.00 e. The van der Waals surface area contributed by atoms with Crippen LogP contribution in [0.4, 0.5) is 0 Å². The molecule has 0 radical (unpaired) electrons. The average molecular weight is 193 g/mol. The molecule has 0 aromatic heterocycles. The van der Waals surface area contributed by atoms with Crippen molar-refractivity contribution >= 4 is 23.1 Å². The molecule has 0 spiro atoms.